The molecule has 0 bridgehead atoms. The Morgan fingerprint density at radius 1 is 1.39 bits per heavy atom. The first-order valence-electron chi connectivity index (χ1n) is 4.94. The average Bonchev–Trinajstić information content (AvgIpc) is 2.51. The van der Waals surface area contributed by atoms with Crippen molar-refractivity contribution in [1.82, 2.24) is 9.55 Å². The Bertz CT molecular complexity index is 544. The molecular weight excluding hydrogens is 271 g/mol. The molecule has 1 unspecified atom stereocenters. The highest BCUT2D eigenvalue weighted by Gasteiger charge is 2.41. The number of H-pyrrole nitrogens is 1. The van der Waals surface area contributed by atoms with E-state index in [0.29, 0.717) is 10.8 Å². The van der Waals surface area contributed by atoms with Crippen molar-refractivity contribution in [2.75, 3.05) is 0 Å². The fourth-order valence-electron chi connectivity index (χ4n) is 1.71. The molecular formula is C9H12ClFN2O5. The molecule has 0 spiro atoms. The highest BCUT2D eigenvalue weighted by atomic mass is 35.5. The number of nitrogens with zero attached hydrogens (tertiary/aromatic N) is 1. The van der Waals surface area contributed by atoms with Crippen LogP contribution in [0.1, 0.15) is 13.2 Å². The van der Waals surface area contributed by atoms with Crippen LogP contribution in [0.25, 0.3) is 0 Å². The number of rotatable bonds is 1. The average molecular weight is 283 g/mol. The number of hydrogen-bond acceptors (Lipinski definition) is 5. The van der Waals surface area contributed by atoms with Gasteiger partial charge in [-0.15, -0.1) is 12.4 Å². The van der Waals surface area contributed by atoms with Crippen molar-refractivity contribution in [2.45, 2.75) is 31.5 Å². The molecule has 3 N–H and O–H groups in total. The van der Waals surface area contributed by atoms with E-state index in [-0.39, 0.29) is 12.4 Å². The van der Waals surface area contributed by atoms with Gasteiger partial charge in [-0.2, -0.15) is 4.39 Å². The first-order chi connectivity index (χ1) is 7.91. The molecule has 9 heteroatoms. The number of ether oxygens (including phenoxy) is 1. The highest BCUT2D eigenvalue weighted by molar-refractivity contribution is 5.85. The maximum atomic E-state index is 13.0. The van der Waals surface area contributed by atoms with Crippen LogP contribution in [-0.4, -0.2) is 38.1 Å². The van der Waals surface area contributed by atoms with Crippen LogP contribution in [0.4, 0.5) is 4.39 Å². The predicted octanol–water partition coefficient (Wildman–Crippen LogP) is -1.26. The number of aliphatic hydroxyl groups is 2. The maximum absolute atomic E-state index is 13.0. The Hall–Kier alpha value is -1.22. The smallest absolute Gasteiger partial charge is 0.330 e. The number of halogens is 2. The lowest BCUT2D eigenvalue weighted by molar-refractivity contribution is -0.0356. The summed E-state index contributed by atoms with van der Waals surface area (Å²) in [5, 5.41) is 19.1. The minimum atomic E-state index is -1.37. The zero-order chi connectivity index (χ0) is 12.7. The molecule has 0 aromatic carbocycles. The fourth-order valence-corrected chi connectivity index (χ4v) is 1.71. The van der Waals surface area contributed by atoms with Gasteiger partial charge in [-0.1, -0.05) is 0 Å². The minimum absolute atomic E-state index is 0. The second kappa shape index (κ2) is 5.19. The normalized spacial score (nSPS) is 31.1. The fraction of sp³-hybridized carbons (Fsp3) is 0.556. The SMILES string of the molecule is C[C@H]1OC(n2cc(F)c(=O)[nH]c2=O)[C@H](O)[C@@H]1O.Cl. The zero-order valence-electron chi connectivity index (χ0n) is 9.24. The van der Waals surface area contributed by atoms with Crippen molar-refractivity contribution in [1.29, 1.82) is 0 Å². The molecule has 18 heavy (non-hydrogen) atoms. The molecule has 7 nitrogen and oxygen atoms in total. The van der Waals surface area contributed by atoms with Crippen molar-refractivity contribution < 1.29 is 19.3 Å². The van der Waals surface area contributed by atoms with Gasteiger partial charge in [0.15, 0.2) is 6.23 Å². The van der Waals surface area contributed by atoms with Crippen molar-refractivity contribution in [3.8, 4) is 0 Å². The molecule has 0 radical (unpaired) electrons. The van der Waals surface area contributed by atoms with E-state index in [4.69, 9.17) is 4.74 Å². The first kappa shape index (κ1) is 14.8. The lowest BCUT2D eigenvalue weighted by Crippen LogP contribution is -2.38. The van der Waals surface area contributed by atoms with E-state index < -0.39 is 41.6 Å². The third-order valence-electron chi connectivity index (χ3n) is 2.68. The van der Waals surface area contributed by atoms with Gasteiger partial charge in [0, 0.05) is 0 Å². The largest absolute Gasteiger partial charge is 0.388 e. The minimum Gasteiger partial charge on any atom is -0.388 e. The molecule has 0 saturated carbocycles. The molecule has 1 aromatic heterocycles. The molecule has 4 atom stereocenters. The summed E-state index contributed by atoms with van der Waals surface area (Å²) in [4.78, 5) is 24.0. The quantitative estimate of drug-likeness (QED) is 0.596. The van der Waals surface area contributed by atoms with Crippen molar-refractivity contribution >= 4 is 12.4 Å². The van der Waals surface area contributed by atoms with Crippen LogP contribution in [0.3, 0.4) is 0 Å². The Labute approximate surface area is 106 Å². The van der Waals surface area contributed by atoms with Crippen LogP contribution in [0, 0.1) is 5.82 Å². The van der Waals surface area contributed by atoms with E-state index in [0.717, 1.165) is 0 Å². The van der Waals surface area contributed by atoms with Crippen LogP contribution in [0.2, 0.25) is 0 Å². The van der Waals surface area contributed by atoms with Crippen LogP contribution in [0.5, 0.6) is 0 Å². The van der Waals surface area contributed by atoms with E-state index in [1.54, 1.807) is 4.98 Å². The van der Waals surface area contributed by atoms with Gasteiger partial charge in [0.2, 0.25) is 5.82 Å². The van der Waals surface area contributed by atoms with Crippen LogP contribution < -0.4 is 11.2 Å². The van der Waals surface area contributed by atoms with E-state index >= 15 is 0 Å². The Balaban J connectivity index is 0.00000162. The van der Waals surface area contributed by atoms with Crippen molar-refractivity contribution in [3.05, 3.63) is 32.9 Å². The van der Waals surface area contributed by atoms with Crippen molar-refractivity contribution in [2.24, 2.45) is 0 Å². The standard InChI is InChI=1S/C9H11FN2O5.ClH/c1-3-5(13)6(14)8(17-3)12-2-4(10)7(15)11-9(12)16;/h2-3,5-6,8,13-14H,1H3,(H,11,15,16);1H/t3-,5-,6-,8?;/m1./s1. The summed E-state index contributed by atoms with van der Waals surface area (Å²) in [7, 11) is 0. The van der Waals surface area contributed by atoms with Gasteiger partial charge in [-0.3, -0.25) is 14.3 Å². The lowest BCUT2D eigenvalue weighted by atomic mass is 10.1. The zero-order valence-corrected chi connectivity index (χ0v) is 10.1. The molecule has 2 heterocycles. The lowest BCUT2D eigenvalue weighted by Gasteiger charge is -2.16. The second-order valence-corrected chi connectivity index (χ2v) is 3.86. The molecule has 1 aliphatic heterocycles. The molecule has 0 aliphatic carbocycles. The second-order valence-electron chi connectivity index (χ2n) is 3.86. The molecule has 1 aromatic rings. The predicted molar refractivity (Wildman–Crippen MR) is 60.1 cm³/mol. The number of aromatic nitrogens is 2. The molecule has 102 valence electrons. The third-order valence-corrected chi connectivity index (χ3v) is 2.68. The molecule has 1 saturated heterocycles. The topological polar surface area (TPSA) is 105 Å². The first-order valence-corrected chi connectivity index (χ1v) is 4.94. The summed E-state index contributed by atoms with van der Waals surface area (Å²) in [6.07, 6.45) is -3.83. The molecule has 2 rings (SSSR count). The van der Waals surface area contributed by atoms with E-state index in [2.05, 4.69) is 0 Å². The Morgan fingerprint density at radius 2 is 2.00 bits per heavy atom. The van der Waals surface area contributed by atoms with Gasteiger partial charge < -0.3 is 14.9 Å². The third kappa shape index (κ3) is 2.32. The number of aromatic amines is 1. The van der Waals surface area contributed by atoms with Gasteiger partial charge in [0.1, 0.15) is 12.2 Å². The van der Waals surface area contributed by atoms with E-state index in [9.17, 15) is 24.2 Å². The van der Waals surface area contributed by atoms with Gasteiger partial charge in [-0.25, -0.2) is 4.79 Å². The summed E-state index contributed by atoms with van der Waals surface area (Å²) in [5.74, 6) is -1.17. The van der Waals surface area contributed by atoms with E-state index in [1.165, 1.54) is 6.92 Å². The van der Waals surface area contributed by atoms with E-state index in [1.807, 2.05) is 0 Å². The van der Waals surface area contributed by atoms with Crippen LogP contribution in [-0.2, 0) is 4.74 Å². The van der Waals surface area contributed by atoms with Gasteiger partial charge in [0.05, 0.1) is 12.3 Å². The van der Waals surface area contributed by atoms with Crippen LogP contribution >= 0.6 is 12.4 Å². The summed E-state index contributed by atoms with van der Waals surface area (Å²) >= 11 is 0. The summed E-state index contributed by atoms with van der Waals surface area (Å²) < 4.78 is 18.9. The monoisotopic (exact) mass is 282 g/mol. The van der Waals surface area contributed by atoms with Gasteiger partial charge in [-0.05, 0) is 6.92 Å². The Morgan fingerprint density at radius 3 is 2.50 bits per heavy atom. The number of aliphatic hydroxyl groups excluding tert-OH is 2. The molecule has 1 fully saturated rings. The maximum Gasteiger partial charge on any atom is 0.330 e. The summed E-state index contributed by atoms with van der Waals surface area (Å²) in [6.45, 7) is 1.50. The summed E-state index contributed by atoms with van der Waals surface area (Å²) in [5.41, 5.74) is -2.06. The van der Waals surface area contributed by atoms with Crippen molar-refractivity contribution in [3.63, 3.8) is 0 Å². The molecule has 0 amide bonds. The van der Waals surface area contributed by atoms with Gasteiger partial charge in [0.25, 0.3) is 5.56 Å². The van der Waals surface area contributed by atoms with Crippen LogP contribution in [0.15, 0.2) is 15.8 Å². The van der Waals surface area contributed by atoms with Gasteiger partial charge >= 0.3 is 5.69 Å². The number of nitrogens with one attached hydrogen (secondary N) is 1. The Kier molecular flexibility index (Phi) is 4.28. The highest BCUT2D eigenvalue weighted by Crippen LogP contribution is 2.27. The summed E-state index contributed by atoms with van der Waals surface area (Å²) in [6, 6.07) is 0. The number of hydrogen-bond donors (Lipinski definition) is 3. The molecule has 1 aliphatic rings.